The summed E-state index contributed by atoms with van der Waals surface area (Å²) in [4.78, 5) is 24.5. The molecule has 0 aliphatic heterocycles. The molecule has 0 unspecified atom stereocenters. The van der Waals surface area contributed by atoms with Gasteiger partial charge in [-0.25, -0.2) is 4.79 Å². The molecule has 0 bridgehead atoms. The molecule has 0 atom stereocenters. The number of carboxylic acids is 1. The number of hydrogen-bond acceptors (Lipinski definition) is 3. The summed E-state index contributed by atoms with van der Waals surface area (Å²) in [6.07, 6.45) is 0. The molecule has 0 aliphatic carbocycles. The van der Waals surface area contributed by atoms with Crippen LogP contribution in [0.15, 0.2) is 103 Å². The van der Waals surface area contributed by atoms with Crippen molar-refractivity contribution in [1.82, 2.24) is 10.6 Å². The normalized spacial score (nSPS) is 11.1. The van der Waals surface area contributed by atoms with Gasteiger partial charge in [0.05, 0.1) is 17.8 Å². The number of aromatic carboxylic acids is 1. The molecular weight excluding hydrogens is 436 g/mol. The van der Waals surface area contributed by atoms with E-state index in [4.69, 9.17) is 0 Å². The molecule has 0 aliphatic rings. The number of carboxylic acid groups (broad SMARTS) is 1. The smallest absolute Gasteiger partial charge is 0.336 e. The average molecular weight is 465 g/mol. The highest BCUT2D eigenvalue weighted by Gasteiger charge is 2.35. The van der Waals surface area contributed by atoms with Gasteiger partial charge in [0.15, 0.2) is 0 Å². The van der Waals surface area contributed by atoms with Crippen LogP contribution in [0.2, 0.25) is 0 Å². The van der Waals surface area contributed by atoms with Gasteiger partial charge < -0.3 is 10.4 Å². The third kappa shape index (κ3) is 4.86. The molecular formula is C30H28N2O3. The number of rotatable bonds is 8. The van der Waals surface area contributed by atoms with E-state index in [1.54, 1.807) is 26.0 Å². The summed E-state index contributed by atoms with van der Waals surface area (Å²) in [5.41, 5.74) is 4.21. The van der Waals surface area contributed by atoms with Crippen molar-refractivity contribution in [2.75, 3.05) is 6.67 Å². The van der Waals surface area contributed by atoms with Crippen LogP contribution in [0.5, 0.6) is 0 Å². The molecule has 5 heteroatoms. The van der Waals surface area contributed by atoms with Crippen molar-refractivity contribution in [3.63, 3.8) is 0 Å². The van der Waals surface area contributed by atoms with Gasteiger partial charge in [0, 0.05) is 5.56 Å². The van der Waals surface area contributed by atoms with Crippen LogP contribution in [0, 0.1) is 13.8 Å². The van der Waals surface area contributed by atoms with Crippen molar-refractivity contribution in [3.8, 4) is 0 Å². The van der Waals surface area contributed by atoms with Crippen LogP contribution in [0.25, 0.3) is 0 Å². The van der Waals surface area contributed by atoms with Crippen LogP contribution in [0.1, 0.15) is 48.5 Å². The van der Waals surface area contributed by atoms with Crippen molar-refractivity contribution >= 4 is 11.9 Å². The number of hydrogen-bond donors (Lipinski definition) is 3. The Kier molecular flexibility index (Phi) is 7.09. The zero-order valence-electron chi connectivity index (χ0n) is 19.8. The van der Waals surface area contributed by atoms with Gasteiger partial charge in [0.25, 0.3) is 5.91 Å². The first kappa shape index (κ1) is 23.9. The molecule has 0 fully saturated rings. The fourth-order valence-corrected chi connectivity index (χ4v) is 4.66. The molecule has 4 aromatic carbocycles. The lowest BCUT2D eigenvalue weighted by Gasteiger charge is -2.37. The zero-order valence-corrected chi connectivity index (χ0v) is 19.8. The summed E-state index contributed by atoms with van der Waals surface area (Å²) in [6.45, 7) is 3.60. The third-order valence-corrected chi connectivity index (χ3v) is 6.23. The minimum atomic E-state index is -0.994. The van der Waals surface area contributed by atoms with E-state index in [-0.39, 0.29) is 18.1 Å². The van der Waals surface area contributed by atoms with Gasteiger partial charge in [-0.3, -0.25) is 10.1 Å². The summed E-state index contributed by atoms with van der Waals surface area (Å²) in [5.74, 6) is -1.27. The van der Waals surface area contributed by atoms with Crippen LogP contribution in [0.3, 0.4) is 0 Å². The molecule has 4 rings (SSSR count). The number of nitrogens with one attached hydrogen (secondary N) is 2. The van der Waals surface area contributed by atoms with Gasteiger partial charge in [-0.15, -0.1) is 0 Å². The summed E-state index contributed by atoms with van der Waals surface area (Å²) in [6, 6.07) is 33.7. The molecule has 0 aromatic heterocycles. The van der Waals surface area contributed by atoms with Crippen LogP contribution >= 0.6 is 0 Å². The van der Waals surface area contributed by atoms with E-state index in [0.29, 0.717) is 16.7 Å². The number of carbonyl (C=O) groups is 2. The fraction of sp³-hybridized carbons (Fsp3) is 0.133. The van der Waals surface area contributed by atoms with Gasteiger partial charge in [-0.1, -0.05) is 91.0 Å². The molecule has 0 saturated heterocycles. The number of benzene rings is 4. The summed E-state index contributed by atoms with van der Waals surface area (Å²) < 4.78 is 0. The van der Waals surface area contributed by atoms with Crippen molar-refractivity contribution in [1.29, 1.82) is 0 Å². The molecule has 4 aromatic rings. The summed E-state index contributed by atoms with van der Waals surface area (Å²) in [7, 11) is 0. The predicted octanol–water partition coefficient (Wildman–Crippen LogP) is 5.27. The first-order chi connectivity index (χ1) is 16.9. The molecule has 3 N–H and O–H groups in total. The van der Waals surface area contributed by atoms with Gasteiger partial charge in [-0.2, -0.15) is 0 Å². The van der Waals surface area contributed by atoms with E-state index in [0.717, 1.165) is 16.7 Å². The lowest BCUT2D eigenvalue weighted by Crippen LogP contribution is -2.49. The Hall–Kier alpha value is -4.22. The van der Waals surface area contributed by atoms with Crippen LogP contribution in [-0.4, -0.2) is 23.7 Å². The Morgan fingerprint density at radius 3 is 1.49 bits per heavy atom. The van der Waals surface area contributed by atoms with Crippen molar-refractivity contribution < 1.29 is 14.7 Å². The number of aryl methyl sites for hydroxylation is 2. The molecule has 5 nitrogen and oxygen atoms in total. The Labute approximate surface area is 205 Å². The van der Waals surface area contributed by atoms with E-state index < -0.39 is 11.5 Å². The van der Waals surface area contributed by atoms with Crippen LogP contribution < -0.4 is 10.6 Å². The maximum absolute atomic E-state index is 13.0. The standard InChI is InChI=1S/C30H28N2O3/c1-21-18-23(19-22(2)27(21)29(34)35)28(33)31-20-32-30(24-12-6-3-7-13-24,25-14-8-4-9-15-25)26-16-10-5-11-17-26/h3-19,32H,20H2,1-2H3,(H,31,33)(H,34,35). The van der Waals surface area contributed by atoms with Crippen LogP contribution in [-0.2, 0) is 5.54 Å². The minimum Gasteiger partial charge on any atom is -0.478 e. The second-order valence-electron chi connectivity index (χ2n) is 8.50. The molecule has 0 spiro atoms. The van der Waals surface area contributed by atoms with E-state index in [1.807, 2.05) is 54.6 Å². The quantitative estimate of drug-likeness (QED) is 0.245. The van der Waals surface area contributed by atoms with Gasteiger partial charge >= 0.3 is 5.97 Å². The second-order valence-corrected chi connectivity index (χ2v) is 8.50. The fourth-order valence-electron chi connectivity index (χ4n) is 4.66. The van der Waals surface area contributed by atoms with E-state index >= 15 is 0 Å². The van der Waals surface area contributed by atoms with Gasteiger partial charge in [0.1, 0.15) is 0 Å². The predicted molar refractivity (Wildman–Crippen MR) is 138 cm³/mol. The Balaban J connectivity index is 1.68. The Morgan fingerprint density at radius 1 is 0.714 bits per heavy atom. The molecule has 0 radical (unpaired) electrons. The first-order valence-corrected chi connectivity index (χ1v) is 11.5. The van der Waals surface area contributed by atoms with Crippen molar-refractivity contribution in [2.24, 2.45) is 0 Å². The second kappa shape index (κ2) is 10.4. The van der Waals surface area contributed by atoms with Gasteiger partial charge in [-0.05, 0) is 53.8 Å². The maximum atomic E-state index is 13.0. The zero-order chi connectivity index (χ0) is 24.8. The SMILES string of the molecule is Cc1cc(C(=O)NCNC(c2ccccc2)(c2ccccc2)c2ccccc2)cc(C)c1C(=O)O. The Bertz CT molecular complexity index is 1200. The van der Waals surface area contributed by atoms with E-state index in [9.17, 15) is 14.7 Å². The molecule has 0 heterocycles. The number of carbonyl (C=O) groups excluding carboxylic acids is 1. The monoisotopic (exact) mass is 464 g/mol. The van der Waals surface area contributed by atoms with Gasteiger partial charge in [0.2, 0.25) is 0 Å². The highest BCUT2D eigenvalue weighted by molar-refractivity contribution is 5.97. The largest absolute Gasteiger partial charge is 0.478 e. The van der Waals surface area contributed by atoms with E-state index in [1.165, 1.54) is 0 Å². The van der Waals surface area contributed by atoms with Crippen molar-refractivity contribution in [3.05, 3.63) is 142 Å². The third-order valence-electron chi connectivity index (χ3n) is 6.23. The van der Waals surface area contributed by atoms with Crippen LogP contribution in [0.4, 0.5) is 0 Å². The lowest BCUT2D eigenvalue weighted by molar-refractivity contribution is 0.0694. The molecule has 1 amide bonds. The molecule has 176 valence electrons. The number of amides is 1. The highest BCUT2D eigenvalue weighted by atomic mass is 16.4. The highest BCUT2D eigenvalue weighted by Crippen LogP contribution is 2.36. The maximum Gasteiger partial charge on any atom is 0.336 e. The summed E-state index contributed by atoms with van der Waals surface area (Å²) >= 11 is 0. The molecule has 0 saturated carbocycles. The Morgan fingerprint density at radius 2 is 1.11 bits per heavy atom. The first-order valence-electron chi connectivity index (χ1n) is 11.5. The van der Waals surface area contributed by atoms with E-state index in [2.05, 4.69) is 47.0 Å². The average Bonchev–Trinajstić information content (AvgIpc) is 2.87. The topological polar surface area (TPSA) is 78.4 Å². The lowest BCUT2D eigenvalue weighted by atomic mass is 9.77. The molecule has 35 heavy (non-hydrogen) atoms. The van der Waals surface area contributed by atoms with Crippen molar-refractivity contribution in [2.45, 2.75) is 19.4 Å². The summed E-state index contributed by atoms with van der Waals surface area (Å²) in [5, 5.41) is 16.0. The minimum absolute atomic E-state index is 0.191.